The van der Waals surface area contributed by atoms with Gasteiger partial charge in [0, 0.05) is 25.2 Å². The molecule has 1 spiro atoms. The first-order chi connectivity index (χ1) is 17.8. The van der Waals surface area contributed by atoms with E-state index in [-0.39, 0.29) is 43.8 Å². The first kappa shape index (κ1) is 26.0. The lowest BCUT2D eigenvalue weighted by Gasteiger charge is -2.34. The molecule has 8 nitrogen and oxygen atoms in total. The lowest BCUT2D eigenvalue weighted by atomic mass is 9.80. The number of nitriles is 1. The van der Waals surface area contributed by atoms with Crippen molar-refractivity contribution >= 4 is 23.6 Å². The number of benzene rings is 2. The highest BCUT2D eigenvalue weighted by Crippen LogP contribution is 2.46. The fourth-order valence-electron chi connectivity index (χ4n) is 5.26. The van der Waals surface area contributed by atoms with Crippen LogP contribution in [0.4, 0.5) is 10.5 Å². The quantitative estimate of drug-likeness (QED) is 0.546. The molecule has 3 amide bonds. The molecule has 3 atom stereocenters. The van der Waals surface area contributed by atoms with Crippen molar-refractivity contribution in [2.45, 2.75) is 50.8 Å². The lowest BCUT2D eigenvalue weighted by molar-refractivity contribution is -0.137. The summed E-state index contributed by atoms with van der Waals surface area (Å²) in [5.41, 5.74) is 1.33. The highest BCUT2D eigenvalue weighted by molar-refractivity contribution is 6.07. The van der Waals surface area contributed by atoms with Gasteiger partial charge in [0.05, 0.1) is 11.5 Å². The van der Waals surface area contributed by atoms with Gasteiger partial charge in [-0.2, -0.15) is 5.26 Å². The number of anilines is 1. The maximum atomic E-state index is 14.1. The number of nitrogens with one attached hydrogen (secondary N) is 1. The van der Waals surface area contributed by atoms with Crippen LogP contribution in [0.2, 0.25) is 0 Å². The maximum absolute atomic E-state index is 14.1. The van der Waals surface area contributed by atoms with Gasteiger partial charge in [0.15, 0.2) is 0 Å². The Morgan fingerprint density at radius 3 is 2.62 bits per heavy atom. The average molecular weight is 501 g/mol. The number of ether oxygens (including phenoxy) is 1. The van der Waals surface area contributed by atoms with Crippen molar-refractivity contribution in [1.82, 2.24) is 9.80 Å². The van der Waals surface area contributed by atoms with Crippen molar-refractivity contribution in [3.8, 4) is 6.07 Å². The third kappa shape index (κ3) is 5.08. The topological polar surface area (TPSA) is 103 Å². The smallest absolute Gasteiger partial charge is 0.411 e. The van der Waals surface area contributed by atoms with Gasteiger partial charge >= 0.3 is 6.09 Å². The number of hydrogen-bond donors (Lipinski definition) is 1. The van der Waals surface area contributed by atoms with Crippen LogP contribution in [0.1, 0.15) is 37.8 Å². The number of likely N-dealkylation sites (tertiary alicyclic amines) is 1. The number of nitrogens with zero attached hydrogens (tertiary/aromatic N) is 3. The fourth-order valence-corrected chi connectivity index (χ4v) is 5.26. The van der Waals surface area contributed by atoms with E-state index in [4.69, 9.17) is 4.74 Å². The van der Waals surface area contributed by atoms with E-state index in [1.54, 1.807) is 6.08 Å². The van der Waals surface area contributed by atoms with Gasteiger partial charge in [-0.05, 0) is 29.5 Å². The van der Waals surface area contributed by atoms with Crippen molar-refractivity contribution < 1.29 is 19.1 Å². The SMILES string of the molecule is C=CCN(C(=O)OCc1ccccc1)C(CC(C)C)C(=O)N1C[C@]2(C[C@H]1C#N)C(=O)Nc1ccccc12. The first-order valence-corrected chi connectivity index (χ1v) is 12.5. The Hall–Kier alpha value is -4.12. The third-order valence-electron chi connectivity index (χ3n) is 7.04. The van der Waals surface area contributed by atoms with E-state index in [2.05, 4.69) is 18.0 Å². The van der Waals surface area contributed by atoms with Crippen molar-refractivity contribution in [3.63, 3.8) is 0 Å². The summed E-state index contributed by atoms with van der Waals surface area (Å²) in [5.74, 6) is -0.501. The number of carbonyl (C=O) groups is 3. The molecule has 0 radical (unpaired) electrons. The second-order valence-corrected chi connectivity index (χ2v) is 10.0. The Balaban J connectivity index is 1.61. The van der Waals surface area contributed by atoms with Crippen molar-refractivity contribution in [1.29, 1.82) is 5.26 Å². The van der Waals surface area contributed by atoms with Crippen molar-refractivity contribution in [2.24, 2.45) is 5.92 Å². The van der Waals surface area contributed by atoms with Crippen LogP contribution in [-0.2, 0) is 26.3 Å². The Kier molecular flexibility index (Phi) is 7.63. The van der Waals surface area contributed by atoms with Gasteiger partial charge in [0.1, 0.15) is 18.7 Å². The number of carbonyl (C=O) groups excluding carboxylic acids is 3. The van der Waals surface area contributed by atoms with Crippen LogP contribution in [0.15, 0.2) is 67.3 Å². The summed E-state index contributed by atoms with van der Waals surface area (Å²) >= 11 is 0. The average Bonchev–Trinajstić information content (AvgIpc) is 3.42. The minimum absolute atomic E-state index is 0.0699. The van der Waals surface area contributed by atoms with E-state index in [1.807, 2.05) is 68.4 Å². The van der Waals surface area contributed by atoms with Gasteiger partial charge in [-0.25, -0.2) is 4.79 Å². The van der Waals surface area contributed by atoms with Gasteiger partial charge in [-0.15, -0.1) is 6.58 Å². The highest BCUT2D eigenvalue weighted by atomic mass is 16.6. The number of hydrogen-bond acceptors (Lipinski definition) is 5. The molecule has 1 unspecified atom stereocenters. The summed E-state index contributed by atoms with van der Waals surface area (Å²) < 4.78 is 5.57. The van der Waals surface area contributed by atoms with Crippen LogP contribution in [0.5, 0.6) is 0 Å². The molecule has 2 aromatic rings. The molecule has 0 saturated carbocycles. The molecule has 1 N–H and O–H groups in total. The van der Waals surface area contributed by atoms with Gasteiger partial charge in [0.2, 0.25) is 11.8 Å². The van der Waals surface area contributed by atoms with E-state index < -0.39 is 23.6 Å². The van der Waals surface area contributed by atoms with Crippen LogP contribution < -0.4 is 5.32 Å². The van der Waals surface area contributed by atoms with Crippen LogP contribution in [0.3, 0.4) is 0 Å². The second kappa shape index (κ2) is 10.9. The predicted molar refractivity (Wildman–Crippen MR) is 139 cm³/mol. The lowest BCUT2D eigenvalue weighted by Crippen LogP contribution is -2.53. The van der Waals surface area contributed by atoms with Crippen molar-refractivity contribution in [2.75, 3.05) is 18.4 Å². The van der Waals surface area contributed by atoms with E-state index in [0.717, 1.165) is 11.1 Å². The molecule has 1 fully saturated rings. The van der Waals surface area contributed by atoms with Crippen LogP contribution in [-0.4, -0.2) is 52.9 Å². The molecule has 37 heavy (non-hydrogen) atoms. The van der Waals surface area contributed by atoms with E-state index in [1.165, 1.54) is 9.80 Å². The normalized spacial score (nSPS) is 20.8. The molecule has 0 aliphatic carbocycles. The second-order valence-electron chi connectivity index (χ2n) is 10.0. The Morgan fingerprint density at radius 1 is 1.24 bits per heavy atom. The minimum Gasteiger partial charge on any atom is -0.445 e. The van der Waals surface area contributed by atoms with Gasteiger partial charge in [-0.3, -0.25) is 14.5 Å². The number of amides is 3. The van der Waals surface area contributed by atoms with E-state index >= 15 is 0 Å². The monoisotopic (exact) mass is 500 g/mol. The Labute approximate surface area is 217 Å². The largest absolute Gasteiger partial charge is 0.445 e. The summed E-state index contributed by atoms with van der Waals surface area (Å²) in [6, 6.07) is 17.2. The molecule has 2 aliphatic rings. The Bertz CT molecular complexity index is 1220. The Morgan fingerprint density at radius 2 is 1.95 bits per heavy atom. The summed E-state index contributed by atoms with van der Waals surface area (Å²) in [4.78, 5) is 43.3. The zero-order valence-corrected chi connectivity index (χ0v) is 21.2. The van der Waals surface area contributed by atoms with Crippen molar-refractivity contribution in [3.05, 3.63) is 78.4 Å². The van der Waals surface area contributed by atoms with Crippen LogP contribution in [0.25, 0.3) is 0 Å². The molecule has 1 saturated heterocycles. The van der Waals surface area contributed by atoms with Crippen LogP contribution >= 0.6 is 0 Å². The number of fused-ring (bicyclic) bond motifs is 2. The van der Waals surface area contributed by atoms with Gasteiger partial charge < -0.3 is 15.0 Å². The van der Waals surface area contributed by atoms with E-state index in [0.29, 0.717) is 12.1 Å². The molecule has 8 heteroatoms. The molecule has 192 valence electrons. The maximum Gasteiger partial charge on any atom is 0.411 e. The standard InChI is InChI=1S/C29H32N4O4/c1-4-14-32(28(36)37-18-21-10-6-5-7-11-21)25(15-20(2)3)26(34)33-19-29(16-22(33)17-30)23-12-8-9-13-24(23)31-27(29)35/h4-13,20,22,25H,1,14-16,18-19H2,2-3H3,(H,31,35)/t22-,25?,29-/m0/s1. The summed E-state index contributed by atoms with van der Waals surface area (Å²) in [7, 11) is 0. The molecule has 0 bridgehead atoms. The first-order valence-electron chi connectivity index (χ1n) is 12.5. The molecule has 4 rings (SSSR count). The van der Waals surface area contributed by atoms with E-state index in [9.17, 15) is 19.6 Å². The highest BCUT2D eigenvalue weighted by Gasteiger charge is 2.56. The minimum atomic E-state index is -0.994. The zero-order chi connectivity index (χ0) is 26.6. The summed E-state index contributed by atoms with van der Waals surface area (Å²) in [6.45, 7) is 7.95. The zero-order valence-electron chi connectivity index (χ0n) is 21.2. The molecule has 2 aromatic carbocycles. The molecular formula is C29H32N4O4. The summed E-state index contributed by atoms with van der Waals surface area (Å²) in [5, 5.41) is 12.9. The molecule has 0 aromatic heterocycles. The fraction of sp³-hybridized carbons (Fsp3) is 0.379. The molecular weight excluding hydrogens is 468 g/mol. The predicted octanol–water partition coefficient (Wildman–Crippen LogP) is 4.24. The number of rotatable bonds is 8. The molecule has 2 aliphatic heterocycles. The number of para-hydroxylation sites is 1. The van der Waals surface area contributed by atoms with Gasteiger partial charge in [0.25, 0.3) is 0 Å². The molecule has 2 heterocycles. The summed E-state index contributed by atoms with van der Waals surface area (Å²) in [6.07, 6.45) is 1.50. The third-order valence-corrected chi connectivity index (χ3v) is 7.04. The van der Waals surface area contributed by atoms with Crippen LogP contribution in [0, 0.1) is 17.2 Å². The van der Waals surface area contributed by atoms with Gasteiger partial charge in [-0.1, -0.05) is 68.5 Å².